The van der Waals surface area contributed by atoms with Gasteiger partial charge in [0.15, 0.2) is 0 Å². The molecule has 0 spiro atoms. The maximum atomic E-state index is 13.7. The van der Waals surface area contributed by atoms with Gasteiger partial charge in [0.2, 0.25) is 5.91 Å². The lowest BCUT2D eigenvalue weighted by Gasteiger charge is -2.12. The second-order valence-corrected chi connectivity index (χ2v) is 8.73. The van der Waals surface area contributed by atoms with E-state index in [1.165, 1.54) is 23.9 Å². The third-order valence-electron chi connectivity index (χ3n) is 3.51. The highest BCUT2D eigenvalue weighted by atomic mass is 32.2. The van der Waals surface area contributed by atoms with E-state index in [1.807, 2.05) is 11.6 Å². The molecule has 2 N–H and O–H groups in total. The number of carbonyl (C=O) groups excluding carboxylic acids is 1. The summed E-state index contributed by atoms with van der Waals surface area (Å²) in [4.78, 5) is 12.4. The van der Waals surface area contributed by atoms with Crippen molar-refractivity contribution >= 4 is 39.1 Å². The highest BCUT2D eigenvalue weighted by Crippen LogP contribution is 2.36. The van der Waals surface area contributed by atoms with Gasteiger partial charge in [-0.05, 0) is 30.3 Å². The largest absolute Gasteiger partial charge is 0.325 e. The van der Waals surface area contributed by atoms with E-state index in [1.54, 1.807) is 6.07 Å². The summed E-state index contributed by atoms with van der Waals surface area (Å²) in [6.07, 6.45) is 0.314. The highest BCUT2D eigenvalue weighted by molar-refractivity contribution is 8.00. The van der Waals surface area contributed by atoms with Crippen molar-refractivity contribution in [1.82, 2.24) is 0 Å². The third-order valence-corrected chi connectivity index (χ3v) is 6.05. The fourth-order valence-corrected chi connectivity index (χ4v) is 4.51. The first kappa shape index (κ1) is 17.7. The number of sulfonamides is 1. The number of amides is 1. The zero-order valence-corrected chi connectivity index (χ0v) is 14.7. The molecule has 1 atom stereocenters. The molecule has 0 unspecified atom stereocenters. The quantitative estimate of drug-likeness (QED) is 0.848. The first-order chi connectivity index (χ1) is 11.7. The number of carbonyl (C=O) groups is 1. The molecule has 132 valence electrons. The molecule has 1 aliphatic rings. The molecule has 0 fully saturated rings. The Labute approximate surface area is 147 Å². The van der Waals surface area contributed by atoms with Crippen molar-refractivity contribution in [3.63, 3.8) is 0 Å². The molecule has 2 aromatic carbocycles. The van der Waals surface area contributed by atoms with Gasteiger partial charge in [-0.2, -0.15) is 0 Å². The summed E-state index contributed by atoms with van der Waals surface area (Å²) in [5, 5.41) is 2.72. The average molecular weight is 384 g/mol. The van der Waals surface area contributed by atoms with Crippen LogP contribution in [0.3, 0.4) is 0 Å². The summed E-state index contributed by atoms with van der Waals surface area (Å²) in [5.74, 6) is -1.87. The predicted molar refractivity (Wildman–Crippen MR) is 92.2 cm³/mol. The Balaban J connectivity index is 1.96. The molecular formula is C16H14F2N2O3S2. The highest BCUT2D eigenvalue weighted by Gasteiger charge is 2.23. The van der Waals surface area contributed by atoms with Crippen LogP contribution in [0.4, 0.5) is 20.2 Å². The molecule has 0 bridgehead atoms. The Morgan fingerprint density at radius 2 is 1.96 bits per heavy atom. The summed E-state index contributed by atoms with van der Waals surface area (Å²) in [7, 11) is -4.15. The molecular weight excluding hydrogens is 370 g/mol. The second kappa shape index (κ2) is 6.64. The van der Waals surface area contributed by atoms with Gasteiger partial charge in [0.25, 0.3) is 10.0 Å². The van der Waals surface area contributed by atoms with Gasteiger partial charge >= 0.3 is 0 Å². The number of nitrogens with one attached hydrogen (secondary N) is 2. The lowest BCUT2D eigenvalue weighted by molar-refractivity contribution is -0.116. The van der Waals surface area contributed by atoms with Crippen LogP contribution in [0.15, 0.2) is 46.2 Å². The van der Waals surface area contributed by atoms with Crippen LogP contribution in [0.25, 0.3) is 0 Å². The normalized spacial score (nSPS) is 17.4. The smallest absolute Gasteiger partial charge is 0.262 e. The molecule has 0 saturated heterocycles. The lowest BCUT2D eigenvalue weighted by Crippen LogP contribution is -2.16. The number of hydrogen-bond donors (Lipinski definition) is 2. The Hall–Kier alpha value is -2.13. The molecule has 2 aromatic rings. The molecule has 25 heavy (non-hydrogen) atoms. The van der Waals surface area contributed by atoms with Crippen LogP contribution < -0.4 is 10.0 Å². The van der Waals surface area contributed by atoms with Crippen LogP contribution in [-0.2, 0) is 14.8 Å². The van der Waals surface area contributed by atoms with Gasteiger partial charge in [0.05, 0.1) is 16.3 Å². The van der Waals surface area contributed by atoms with Crippen molar-refractivity contribution < 1.29 is 22.0 Å². The Kier molecular flexibility index (Phi) is 4.70. The van der Waals surface area contributed by atoms with E-state index in [0.717, 1.165) is 23.1 Å². The minimum atomic E-state index is -4.15. The fraction of sp³-hybridized carbons (Fsp3) is 0.188. The molecule has 1 amide bonds. The summed E-state index contributed by atoms with van der Waals surface area (Å²) in [6.45, 7) is 1.90. The van der Waals surface area contributed by atoms with Gasteiger partial charge in [0.1, 0.15) is 11.6 Å². The molecule has 0 aliphatic carbocycles. The van der Waals surface area contributed by atoms with E-state index in [4.69, 9.17) is 0 Å². The maximum absolute atomic E-state index is 13.7. The number of anilines is 2. The van der Waals surface area contributed by atoms with Gasteiger partial charge in [-0.25, -0.2) is 17.2 Å². The van der Waals surface area contributed by atoms with E-state index in [2.05, 4.69) is 5.32 Å². The minimum Gasteiger partial charge on any atom is -0.325 e. The van der Waals surface area contributed by atoms with Gasteiger partial charge in [-0.15, -0.1) is 11.8 Å². The molecule has 3 rings (SSSR count). The second-order valence-electron chi connectivity index (χ2n) is 5.57. The van der Waals surface area contributed by atoms with Crippen LogP contribution in [0.1, 0.15) is 13.3 Å². The number of rotatable bonds is 3. The first-order valence-corrected chi connectivity index (χ1v) is 9.69. The number of hydrogen-bond acceptors (Lipinski definition) is 4. The zero-order chi connectivity index (χ0) is 18.2. The summed E-state index contributed by atoms with van der Waals surface area (Å²) in [6, 6.07) is 6.73. The molecule has 5 nitrogen and oxygen atoms in total. The van der Waals surface area contributed by atoms with E-state index in [0.29, 0.717) is 12.1 Å². The fourth-order valence-electron chi connectivity index (χ4n) is 2.38. The molecule has 1 heterocycles. The lowest BCUT2D eigenvalue weighted by atomic mass is 10.3. The first-order valence-electron chi connectivity index (χ1n) is 7.33. The molecule has 0 aromatic heterocycles. The number of fused-ring (bicyclic) bond motifs is 1. The van der Waals surface area contributed by atoms with Gasteiger partial charge in [0, 0.05) is 22.6 Å². The van der Waals surface area contributed by atoms with Crippen molar-refractivity contribution in [2.75, 3.05) is 10.0 Å². The predicted octanol–water partition coefficient (Wildman–Crippen LogP) is 3.59. The van der Waals surface area contributed by atoms with Gasteiger partial charge in [-0.3, -0.25) is 9.52 Å². The topological polar surface area (TPSA) is 75.3 Å². The number of thioether (sulfide) groups is 1. The van der Waals surface area contributed by atoms with E-state index in [-0.39, 0.29) is 16.1 Å². The van der Waals surface area contributed by atoms with Crippen molar-refractivity contribution in [3.05, 3.63) is 48.0 Å². The van der Waals surface area contributed by atoms with Crippen LogP contribution in [0.2, 0.25) is 0 Å². The monoisotopic (exact) mass is 384 g/mol. The van der Waals surface area contributed by atoms with E-state index in [9.17, 15) is 22.0 Å². The van der Waals surface area contributed by atoms with Crippen molar-refractivity contribution in [2.45, 2.75) is 28.4 Å². The van der Waals surface area contributed by atoms with Crippen molar-refractivity contribution in [3.8, 4) is 0 Å². The van der Waals surface area contributed by atoms with Crippen LogP contribution in [-0.4, -0.2) is 19.6 Å². The Morgan fingerprint density at radius 3 is 2.72 bits per heavy atom. The molecule has 9 heteroatoms. The number of benzene rings is 2. The van der Waals surface area contributed by atoms with Gasteiger partial charge < -0.3 is 5.32 Å². The van der Waals surface area contributed by atoms with Crippen LogP contribution in [0.5, 0.6) is 0 Å². The van der Waals surface area contributed by atoms with Crippen LogP contribution in [0, 0.1) is 11.6 Å². The third kappa shape index (κ3) is 3.93. The standard InChI is InChI=1S/C16H14F2N2O3S2/c1-9-6-16(21)19-14-8-11(3-5-15(14)24-9)25(22,23)20-13-7-10(17)2-4-12(13)18/h2-5,7-9,20H,6H2,1H3,(H,19,21)/t9-/m0/s1. The SMILES string of the molecule is C[C@H]1CC(=O)Nc2cc(S(=O)(=O)Nc3cc(F)ccc3F)ccc2S1. The Morgan fingerprint density at radius 1 is 1.20 bits per heavy atom. The number of halogens is 2. The molecule has 0 radical (unpaired) electrons. The van der Waals surface area contributed by atoms with Crippen molar-refractivity contribution in [1.29, 1.82) is 0 Å². The summed E-state index contributed by atoms with van der Waals surface area (Å²) < 4.78 is 53.9. The van der Waals surface area contributed by atoms with E-state index >= 15 is 0 Å². The van der Waals surface area contributed by atoms with Crippen LogP contribution >= 0.6 is 11.8 Å². The summed E-state index contributed by atoms with van der Waals surface area (Å²) >= 11 is 1.46. The van der Waals surface area contributed by atoms with E-state index < -0.39 is 27.3 Å². The maximum Gasteiger partial charge on any atom is 0.262 e. The molecule has 0 saturated carbocycles. The van der Waals surface area contributed by atoms with Crippen molar-refractivity contribution in [2.24, 2.45) is 0 Å². The average Bonchev–Trinajstić information content (AvgIpc) is 2.66. The zero-order valence-electron chi connectivity index (χ0n) is 13.0. The molecule has 1 aliphatic heterocycles. The summed E-state index contributed by atoms with van der Waals surface area (Å²) in [5.41, 5.74) is -0.107. The Bertz CT molecular complexity index is 948. The minimum absolute atomic E-state index is 0.0585. The van der Waals surface area contributed by atoms with Gasteiger partial charge in [-0.1, -0.05) is 6.92 Å².